The van der Waals surface area contributed by atoms with Crippen LogP contribution in [0.5, 0.6) is 0 Å². The summed E-state index contributed by atoms with van der Waals surface area (Å²) in [5.41, 5.74) is 7.48. The van der Waals surface area contributed by atoms with E-state index in [9.17, 15) is 4.79 Å². The summed E-state index contributed by atoms with van der Waals surface area (Å²) >= 11 is 0. The van der Waals surface area contributed by atoms with Gasteiger partial charge in [0.1, 0.15) is 5.82 Å². The summed E-state index contributed by atoms with van der Waals surface area (Å²) in [5, 5.41) is 9.80. The predicted molar refractivity (Wildman–Crippen MR) is 76.3 cm³/mol. The Bertz CT molecular complexity index is 815. The Balaban J connectivity index is 2.19. The maximum absolute atomic E-state index is 11.0. The van der Waals surface area contributed by atoms with E-state index in [2.05, 4.69) is 9.97 Å². The molecule has 0 saturated carbocycles. The summed E-state index contributed by atoms with van der Waals surface area (Å²) in [6, 6.07) is 13.9. The summed E-state index contributed by atoms with van der Waals surface area (Å²) in [6.07, 6.45) is 0. The van der Waals surface area contributed by atoms with Crippen molar-refractivity contribution >= 4 is 22.7 Å². The van der Waals surface area contributed by atoms with Crippen molar-refractivity contribution in [3.63, 3.8) is 0 Å². The van der Waals surface area contributed by atoms with Gasteiger partial charge < -0.3 is 10.8 Å². The number of aromatic nitrogens is 2. The van der Waals surface area contributed by atoms with Crippen molar-refractivity contribution in [1.82, 2.24) is 9.97 Å². The molecule has 98 valence electrons. The molecule has 1 aromatic heterocycles. The van der Waals surface area contributed by atoms with E-state index in [1.165, 1.54) is 12.1 Å². The fraction of sp³-hybridized carbons (Fsp3) is 0. The number of benzene rings is 2. The maximum Gasteiger partial charge on any atom is 0.335 e. The Kier molecular flexibility index (Phi) is 2.80. The van der Waals surface area contributed by atoms with E-state index >= 15 is 0 Å². The topological polar surface area (TPSA) is 89.1 Å². The molecule has 0 saturated heterocycles. The largest absolute Gasteiger partial charge is 0.478 e. The maximum atomic E-state index is 11.0. The van der Waals surface area contributed by atoms with Gasteiger partial charge in [-0.25, -0.2) is 14.8 Å². The van der Waals surface area contributed by atoms with Crippen LogP contribution in [-0.4, -0.2) is 21.0 Å². The van der Waals surface area contributed by atoms with Gasteiger partial charge in [-0.3, -0.25) is 0 Å². The van der Waals surface area contributed by atoms with Gasteiger partial charge in [0.25, 0.3) is 0 Å². The molecular weight excluding hydrogens is 254 g/mol. The molecule has 5 heteroatoms. The number of hydrogen-bond donors (Lipinski definition) is 2. The van der Waals surface area contributed by atoms with Gasteiger partial charge in [-0.05, 0) is 24.3 Å². The number of anilines is 1. The van der Waals surface area contributed by atoms with Crippen LogP contribution in [0.2, 0.25) is 0 Å². The van der Waals surface area contributed by atoms with E-state index in [1.807, 2.05) is 24.3 Å². The van der Waals surface area contributed by atoms with Gasteiger partial charge in [-0.1, -0.05) is 24.3 Å². The lowest BCUT2D eigenvalue weighted by atomic mass is 10.1. The van der Waals surface area contributed by atoms with E-state index in [0.29, 0.717) is 17.2 Å². The fourth-order valence-corrected chi connectivity index (χ4v) is 2.02. The van der Waals surface area contributed by atoms with E-state index < -0.39 is 5.97 Å². The molecule has 0 unspecified atom stereocenters. The van der Waals surface area contributed by atoms with Crippen LogP contribution in [0.1, 0.15) is 10.4 Å². The van der Waals surface area contributed by atoms with Crippen molar-refractivity contribution < 1.29 is 9.90 Å². The van der Waals surface area contributed by atoms with E-state index in [0.717, 1.165) is 10.9 Å². The molecule has 20 heavy (non-hydrogen) atoms. The lowest BCUT2D eigenvalue weighted by Crippen LogP contribution is -2.00. The molecule has 3 aromatic rings. The molecule has 0 bridgehead atoms. The Labute approximate surface area is 114 Å². The highest BCUT2D eigenvalue weighted by molar-refractivity contribution is 5.91. The number of nitrogens with two attached hydrogens (primary N) is 1. The molecule has 1 heterocycles. The van der Waals surface area contributed by atoms with E-state index in [1.54, 1.807) is 12.1 Å². The van der Waals surface area contributed by atoms with Crippen molar-refractivity contribution in [3.8, 4) is 11.4 Å². The molecule has 0 atom stereocenters. The Morgan fingerprint density at radius 2 is 1.85 bits per heavy atom. The SMILES string of the molecule is Nc1nc(-c2cccc(C(=O)O)c2)nc2ccccc12. The third-order valence-corrected chi connectivity index (χ3v) is 3.00. The van der Waals surface area contributed by atoms with Gasteiger partial charge >= 0.3 is 5.97 Å². The van der Waals surface area contributed by atoms with Crippen molar-refractivity contribution in [3.05, 3.63) is 54.1 Å². The van der Waals surface area contributed by atoms with Gasteiger partial charge in [0.2, 0.25) is 0 Å². The molecule has 0 aliphatic heterocycles. The first kappa shape index (κ1) is 12.1. The van der Waals surface area contributed by atoms with E-state index in [4.69, 9.17) is 10.8 Å². The summed E-state index contributed by atoms with van der Waals surface area (Å²) < 4.78 is 0. The van der Waals surface area contributed by atoms with Crippen LogP contribution >= 0.6 is 0 Å². The van der Waals surface area contributed by atoms with Crippen LogP contribution in [0.25, 0.3) is 22.3 Å². The summed E-state index contributed by atoms with van der Waals surface area (Å²) in [5.74, 6) is -0.184. The Hall–Kier alpha value is -2.95. The van der Waals surface area contributed by atoms with Crippen molar-refractivity contribution in [2.75, 3.05) is 5.73 Å². The molecular formula is C15H11N3O2. The summed E-state index contributed by atoms with van der Waals surface area (Å²) in [7, 11) is 0. The lowest BCUT2D eigenvalue weighted by Gasteiger charge is -2.06. The highest BCUT2D eigenvalue weighted by atomic mass is 16.4. The first-order valence-corrected chi connectivity index (χ1v) is 6.01. The monoisotopic (exact) mass is 265 g/mol. The first-order valence-electron chi connectivity index (χ1n) is 6.01. The highest BCUT2D eigenvalue weighted by Crippen LogP contribution is 2.23. The fourth-order valence-electron chi connectivity index (χ4n) is 2.02. The summed E-state index contributed by atoms with van der Waals surface area (Å²) in [6.45, 7) is 0. The van der Waals surface area contributed by atoms with Crippen LogP contribution in [0, 0.1) is 0 Å². The third-order valence-electron chi connectivity index (χ3n) is 3.00. The minimum Gasteiger partial charge on any atom is -0.478 e. The zero-order chi connectivity index (χ0) is 14.1. The van der Waals surface area contributed by atoms with Crippen molar-refractivity contribution in [2.24, 2.45) is 0 Å². The number of fused-ring (bicyclic) bond motifs is 1. The zero-order valence-corrected chi connectivity index (χ0v) is 10.4. The molecule has 3 N–H and O–H groups in total. The van der Waals surface area contributed by atoms with Crippen LogP contribution < -0.4 is 5.73 Å². The third kappa shape index (κ3) is 2.05. The van der Waals surface area contributed by atoms with Crippen LogP contribution in [0.3, 0.4) is 0 Å². The number of nitrogen functional groups attached to an aromatic ring is 1. The number of hydrogen-bond acceptors (Lipinski definition) is 4. The molecule has 0 spiro atoms. The van der Waals surface area contributed by atoms with Gasteiger partial charge in [-0.15, -0.1) is 0 Å². The molecule has 2 aromatic carbocycles. The first-order chi connectivity index (χ1) is 9.65. The molecule has 0 aliphatic rings. The second-order valence-electron chi connectivity index (χ2n) is 4.34. The number of aromatic carboxylic acids is 1. The minimum absolute atomic E-state index is 0.192. The second-order valence-corrected chi connectivity index (χ2v) is 4.34. The summed E-state index contributed by atoms with van der Waals surface area (Å²) in [4.78, 5) is 19.7. The molecule has 3 rings (SSSR count). The van der Waals surface area contributed by atoms with Crippen molar-refractivity contribution in [2.45, 2.75) is 0 Å². The van der Waals surface area contributed by atoms with Gasteiger partial charge in [0.05, 0.1) is 11.1 Å². The Morgan fingerprint density at radius 3 is 2.65 bits per heavy atom. The zero-order valence-electron chi connectivity index (χ0n) is 10.4. The number of carboxylic acid groups (broad SMARTS) is 1. The standard InChI is InChI=1S/C15H11N3O2/c16-13-11-6-1-2-7-12(11)17-14(18-13)9-4-3-5-10(8-9)15(19)20/h1-8H,(H,19,20)(H2,16,17,18). The van der Waals surface area contributed by atoms with Crippen LogP contribution in [0.15, 0.2) is 48.5 Å². The average Bonchev–Trinajstić information content (AvgIpc) is 2.47. The van der Waals surface area contributed by atoms with Crippen molar-refractivity contribution in [1.29, 1.82) is 0 Å². The molecule has 0 amide bonds. The second kappa shape index (κ2) is 4.62. The van der Waals surface area contributed by atoms with Crippen LogP contribution in [0.4, 0.5) is 5.82 Å². The van der Waals surface area contributed by atoms with Gasteiger partial charge in [-0.2, -0.15) is 0 Å². The highest BCUT2D eigenvalue weighted by Gasteiger charge is 2.09. The van der Waals surface area contributed by atoms with Crippen LogP contribution in [-0.2, 0) is 0 Å². The van der Waals surface area contributed by atoms with Gasteiger partial charge in [0, 0.05) is 10.9 Å². The number of rotatable bonds is 2. The Morgan fingerprint density at radius 1 is 1.05 bits per heavy atom. The number of carboxylic acids is 1. The molecule has 5 nitrogen and oxygen atoms in total. The molecule has 0 fully saturated rings. The number of nitrogens with zero attached hydrogens (tertiary/aromatic N) is 2. The lowest BCUT2D eigenvalue weighted by molar-refractivity contribution is 0.0697. The molecule has 0 aliphatic carbocycles. The smallest absolute Gasteiger partial charge is 0.335 e. The number of para-hydroxylation sites is 1. The van der Waals surface area contributed by atoms with E-state index in [-0.39, 0.29) is 5.56 Å². The minimum atomic E-state index is -0.986. The predicted octanol–water partition coefficient (Wildman–Crippen LogP) is 2.58. The normalized spacial score (nSPS) is 10.6. The molecule has 0 radical (unpaired) electrons. The van der Waals surface area contributed by atoms with Gasteiger partial charge in [0.15, 0.2) is 5.82 Å². The average molecular weight is 265 g/mol. The quantitative estimate of drug-likeness (QED) is 0.743. The number of carbonyl (C=O) groups is 1.